The fourth-order valence-electron chi connectivity index (χ4n) is 2.66. The quantitative estimate of drug-likeness (QED) is 0.816. The first-order valence-electron chi connectivity index (χ1n) is 7.42. The van der Waals surface area contributed by atoms with Crippen LogP contribution in [-0.4, -0.2) is 44.7 Å². The number of rotatable bonds is 1. The van der Waals surface area contributed by atoms with Crippen LogP contribution < -0.4 is 5.73 Å². The van der Waals surface area contributed by atoms with E-state index in [4.69, 9.17) is 10.5 Å². The Morgan fingerprint density at radius 2 is 2.18 bits per heavy atom. The highest BCUT2D eigenvalue weighted by Gasteiger charge is 2.31. The van der Waals surface area contributed by atoms with Crippen molar-refractivity contribution in [3.8, 4) is 0 Å². The Bertz CT molecular complexity index is 704. The van der Waals surface area contributed by atoms with Crippen LogP contribution in [0.5, 0.6) is 0 Å². The molecule has 1 unspecified atom stereocenters. The number of carbonyl (C=O) groups is 1. The second-order valence-corrected chi connectivity index (χ2v) is 6.65. The number of hydrogen-bond donors (Lipinski definition) is 1. The summed E-state index contributed by atoms with van der Waals surface area (Å²) < 4.78 is 7.27. The predicted octanol–water partition coefficient (Wildman–Crippen LogP) is 2.20. The number of nitrogen functional groups attached to an aromatic ring is 1. The number of ether oxygens (including phenoxy) is 1. The van der Waals surface area contributed by atoms with Crippen LogP contribution >= 0.6 is 0 Å². The molecule has 3 rings (SSSR count). The van der Waals surface area contributed by atoms with Gasteiger partial charge in [0.25, 0.3) is 0 Å². The Morgan fingerprint density at radius 1 is 1.41 bits per heavy atom. The molecule has 7 heteroatoms. The van der Waals surface area contributed by atoms with Crippen LogP contribution in [0.4, 0.5) is 10.5 Å². The maximum atomic E-state index is 12.1. The molecule has 2 aromatic rings. The molecule has 22 heavy (non-hydrogen) atoms. The molecule has 0 radical (unpaired) electrons. The lowest BCUT2D eigenvalue weighted by molar-refractivity contribution is 0.0288. The molecule has 1 amide bonds. The van der Waals surface area contributed by atoms with Gasteiger partial charge in [-0.3, -0.25) is 0 Å². The molecule has 1 aromatic heterocycles. The largest absolute Gasteiger partial charge is 0.444 e. The number of nitrogens with two attached hydrogens (primary N) is 1. The number of likely N-dealkylation sites (tertiary alicyclic amines) is 1. The van der Waals surface area contributed by atoms with Crippen LogP contribution in [0, 0.1) is 0 Å². The minimum atomic E-state index is -0.483. The molecule has 1 fully saturated rings. The van der Waals surface area contributed by atoms with Crippen molar-refractivity contribution in [3.63, 3.8) is 0 Å². The molecule has 118 valence electrons. The number of aromatic nitrogens is 3. The van der Waals surface area contributed by atoms with Crippen LogP contribution in [0.1, 0.15) is 33.2 Å². The molecule has 1 aromatic carbocycles. The van der Waals surface area contributed by atoms with Gasteiger partial charge in [-0.1, -0.05) is 5.21 Å². The van der Waals surface area contributed by atoms with Gasteiger partial charge in [0.15, 0.2) is 0 Å². The summed E-state index contributed by atoms with van der Waals surface area (Å²) in [5, 5.41) is 8.38. The fourth-order valence-corrected chi connectivity index (χ4v) is 2.66. The molecule has 0 spiro atoms. The molecule has 1 atom stereocenters. The molecular formula is C15H21N5O2. The fraction of sp³-hybridized carbons (Fsp3) is 0.533. The van der Waals surface area contributed by atoms with Crippen LogP contribution in [-0.2, 0) is 4.74 Å². The summed E-state index contributed by atoms with van der Waals surface area (Å²) >= 11 is 0. The summed E-state index contributed by atoms with van der Waals surface area (Å²) in [5.41, 5.74) is 7.75. The van der Waals surface area contributed by atoms with Gasteiger partial charge < -0.3 is 15.4 Å². The van der Waals surface area contributed by atoms with E-state index in [1.807, 2.05) is 43.7 Å². The number of amides is 1. The van der Waals surface area contributed by atoms with Crippen molar-refractivity contribution in [2.45, 2.75) is 38.8 Å². The zero-order chi connectivity index (χ0) is 15.9. The first-order valence-corrected chi connectivity index (χ1v) is 7.42. The molecule has 1 aliphatic heterocycles. The van der Waals surface area contributed by atoms with Crippen molar-refractivity contribution in [1.29, 1.82) is 0 Å². The first-order chi connectivity index (χ1) is 10.3. The lowest BCUT2D eigenvalue weighted by atomic mass is 10.2. The minimum absolute atomic E-state index is 0.0966. The highest BCUT2D eigenvalue weighted by molar-refractivity contribution is 5.78. The van der Waals surface area contributed by atoms with E-state index in [0.717, 1.165) is 17.5 Å². The zero-order valence-electron chi connectivity index (χ0n) is 13.1. The van der Waals surface area contributed by atoms with Gasteiger partial charge in [-0.2, -0.15) is 0 Å². The second kappa shape index (κ2) is 5.15. The van der Waals surface area contributed by atoms with E-state index in [2.05, 4.69) is 10.3 Å². The lowest BCUT2D eigenvalue weighted by Crippen LogP contribution is -2.35. The van der Waals surface area contributed by atoms with Gasteiger partial charge in [0.05, 0.1) is 11.6 Å². The Balaban J connectivity index is 1.77. The van der Waals surface area contributed by atoms with Crippen molar-refractivity contribution in [1.82, 2.24) is 19.9 Å². The summed E-state index contributed by atoms with van der Waals surface area (Å²) in [6, 6.07) is 5.63. The Labute approximate surface area is 129 Å². The lowest BCUT2D eigenvalue weighted by Gasteiger charge is -2.24. The molecule has 7 nitrogen and oxygen atoms in total. The third-order valence-electron chi connectivity index (χ3n) is 3.66. The zero-order valence-corrected chi connectivity index (χ0v) is 13.1. The van der Waals surface area contributed by atoms with Gasteiger partial charge in [0.1, 0.15) is 11.1 Å². The van der Waals surface area contributed by atoms with E-state index in [9.17, 15) is 4.79 Å². The smallest absolute Gasteiger partial charge is 0.410 e. The first kappa shape index (κ1) is 14.6. The van der Waals surface area contributed by atoms with Gasteiger partial charge in [0.2, 0.25) is 0 Å². The second-order valence-electron chi connectivity index (χ2n) is 6.65. The molecule has 0 bridgehead atoms. The highest BCUT2D eigenvalue weighted by Crippen LogP contribution is 2.26. The minimum Gasteiger partial charge on any atom is -0.444 e. The van der Waals surface area contributed by atoms with Gasteiger partial charge in [0, 0.05) is 18.8 Å². The average molecular weight is 303 g/mol. The average Bonchev–Trinajstić information content (AvgIpc) is 3.01. The predicted molar refractivity (Wildman–Crippen MR) is 83.4 cm³/mol. The monoisotopic (exact) mass is 303 g/mol. The summed E-state index contributed by atoms with van der Waals surface area (Å²) in [6.45, 7) is 6.83. The van der Waals surface area contributed by atoms with Crippen molar-refractivity contribution < 1.29 is 9.53 Å². The third-order valence-corrected chi connectivity index (χ3v) is 3.66. The van der Waals surface area contributed by atoms with E-state index in [0.29, 0.717) is 18.8 Å². The molecule has 2 N–H and O–H groups in total. The number of anilines is 1. The maximum absolute atomic E-state index is 12.1. The van der Waals surface area contributed by atoms with E-state index >= 15 is 0 Å². The Kier molecular flexibility index (Phi) is 3.42. The van der Waals surface area contributed by atoms with Crippen molar-refractivity contribution in [2.75, 3.05) is 18.8 Å². The summed E-state index contributed by atoms with van der Waals surface area (Å²) in [7, 11) is 0. The number of hydrogen-bond acceptors (Lipinski definition) is 5. The SMILES string of the molecule is CC(C)(C)OC(=O)N1CCC(n2nnc3ccc(N)cc32)C1. The van der Waals surface area contributed by atoms with Crippen LogP contribution in [0.2, 0.25) is 0 Å². The number of carbonyl (C=O) groups excluding carboxylic acids is 1. The number of fused-ring (bicyclic) bond motifs is 1. The highest BCUT2D eigenvalue weighted by atomic mass is 16.6. The standard InChI is InChI=1S/C15H21N5O2/c1-15(2,3)22-14(21)19-7-6-11(9-19)20-13-8-10(16)4-5-12(13)17-18-20/h4-5,8,11H,6-7,9,16H2,1-3H3. The van der Waals surface area contributed by atoms with Crippen molar-refractivity contribution in [2.24, 2.45) is 0 Å². The molecular weight excluding hydrogens is 282 g/mol. The van der Waals surface area contributed by atoms with Crippen LogP contribution in [0.25, 0.3) is 11.0 Å². The molecule has 1 aliphatic rings. The van der Waals surface area contributed by atoms with E-state index < -0.39 is 5.60 Å². The Morgan fingerprint density at radius 3 is 2.91 bits per heavy atom. The van der Waals surface area contributed by atoms with E-state index in [1.54, 1.807) is 4.90 Å². The number of benzene rings is 1. The van der Waals surface area contributed by atoms with Crippen molar-refractivity contribution >= 4 is 22.8 Å². The third kappa shape index (κ3) is 2.84. The van der Waals surface area contributed by atoms with Gasteiger partial charge >= 0.3 is 6.09 Å². The summed E-state index contributed by atoms with van der Waals surface area (Å²) in [5.74, 6) is 0. The van der Waals surface area contributed by atoms with Crippen LogP contribution in [0.15, 0.2) is 18.2 Å². The van der Waals surface area contributed by atoms with E-state index in [-0.39, 0.29) is 12.1 Å². The molecule has 2 heterocycles. The normalized spacial score (nSPS) is 18.9. The molecule has 0 aliphatic carbocycles. The molecule has 0 saturated carbocycles. The molecule has 1 saturated heterocycles. The number of nitrogens with zero attached hydrogens (tertiary/aromatic N) is 4. The summed E-state index contributed by atoms with van der Waals surface area (Å²) in [6.07, 6.45) is 0.547. The Hall–Kier alpha value is -2.31. The maximum Gasteiger partial charge on any atom is 0.410 e. The summed E-state index contributed by atoms with van der Waals surface area (Å²) in [4.78, 5) is 13.9. The van der Waals surface area contributed by atoms with E-state index in [1.165, 1.54) is 0 Å². The van der Waals surface area contributed by atoms with Crippen LogP contribution in [0.3, 0.4) is 0 Å². The van der Waals surface area contributed by atoms with Crippen molar-refractivity contribution in [3.05, 3.63) is 18.2 Å². The van der Waals surface area contributed by atoms with Gasteiger partial charge in [-0.15, -0.1) is 5.10 Å². The van der Waals surface area contributed by atoms with Gasteiger partial charge in [-0.05, 0) is 45.4 Å². The topological polar surface area (TPSA) is 86.3 Å². The van der Waals surface area contributed by atoms with Gasteiger partial charge in [-0.25, -0.2) is 9.48 Å².